The van der Waals surface area contributed by atoms with Crippen LogP contribution in [0.4, 0.5) is 5.69 Å². The molecule has 0 unspecified atom stereocenters. The van der Waals surface area contributed by atoms with Crippen molar-refractivity contribution in [1.29, 1.82) is 0 Å². The lowest BCUT2D eigenvalue weighted by Gasteiger charge is -2.07. The molecule has 0 fully saturated rings. The number of carbonyl (C=O) groups excluding carboxylic acids is 1. The van der Waals surface area contributed by atoms with E-state index in [9.17, 15) is 4.79 Å². The van der Waals surface area contributed by atoms with Crippen LogP contribution in [0, 0.1) is 6.92 Å². The van der Waals surface area contributed by atoms with Gasteiger partial charge >= 0.3 is 0 Å². The molecule has 0 saturated carbocycles. The second-order valence-corrected chi connectivity index (χ2v) is 5.14. The lowest BCUT2D eigenvalue weighted by molar-refractivity contribution is 0.0954. The fourth-order valence-corrected chi connectivity index (χ4v) is 1.98. The minimum atomic E-state index is -0.106. The molecule has 0 aliphatic rings. The second-order valence-electron chi connectivity index (χ2n) is 4.70. The van der Waals surface area contributed by atoms with Crippen LogP contribution in [-0.2, 0) is 6.42 Å². The Hall–Kier alpha value is -2.00. The van der Waals surface area contributed by atoms with Gasteiger partial charge in [0.2, 0.25) is 0 Å². The van der Waals surface area contributed by atoms with Gasteiger partial charge in [0.1, 0.15) is 0 Å². The maximum absolute atomic E-state index is 12.0. The van der Waals surface area contributed by atoms with Crippen molar-refractivity contribution in [2.45, 2.75) is 13.3 Å². The van der Waals surface area contributed by atoms with Crippen LogP contribution in [0.1, 0.15) is 21.5 Å². The second kappa shape index (κ2) is 6.44. The van der Waals surface area contributed by atoms with Gasteiger partial charge in [0.05, 0.1) is 0 Å². The third kappa shape index (κ3) is 3.75. The predicted octanol–water partition coefficient (Wildman–Crippen LogP) is 3.20. The van der Waals surface area contributed by atoms with Gasteiger partial charge in [0, 0.05) is 22.8 Å². The molecule has 104 valence electrons. The first-order chi connectivity index (χ1) is 9.56. The van der Waals surface area contributed by atoms with Crippen LogP contribution in [0.3, 0.4) is 0 Å². The van der Waals surface area contributed by atoms with Gasteiger partial charge in [0.15, 0.2) is 0 Å². The monoisotopic (exact) mass is 288 g/mol. The number of benzene rings is 2. The van der Waals surface area contributed by atoms with Crippen LogP contribution in [0.15, 0.2) is 42.5 Å². The molecule has 2 aromatic rings. The quantitative estimate of drug-likeness (QED) is 0.849. The zero-order valence-corrected chi connectivity index (χ0v) is 12.1. The molecular weight excluding hydrogens is 272 g/mol. The Bertz CT molecular complexity index is 608. The molecule has 0 aliphatic heterocycles. The van der Waals surface area contributed by atoms with E-state index in [1.54, 1.807) is 12.1 Å². The van der Waals surface area contributed by atoms with E-state index in [-0.39, 0.29) is 5.91 Å². The lowest BCUT2D eigenvalue weighted by atomic mass is 10.1. The molecule has 0 atom stereocenters. The summed E-state index contributed by atoms with van der Waals surface area (Å²) in [5, 5.41) is 3.60. The number of rotatable bonds is 4. The van der Waals surface area contributed by atoms with Crippen LogP contribution >= 0.6 is 11.6 Å². The lowest BCUT2D eigenvalue weighted by Crippen LogP contribution is -2.25. The number of nitrogens with one attached hydrogen (secondary N) is 1. The highest BCUT2D eigenvalue weighted by molar-refractivity contribution is 6.30. The maximum Gasteiger partial charge on any atom is 0.251 e. The van der Waals surface area contributed by atoms with Gasteiger partial charge in [-0.2, -0.15) is 0 Å². The maximum atomic E-state index is 12.0. The summed E-state index contributed by atoms with van der Waals surface area (Å²) in [6.45, 7) is 2.49. The van der Waals surface area contributed by atoms with Crippen molar-refractivity contribution in [3.05, 3.63) is 64.2 Å². The van der Waals surface area contributed by atoms with Crippen molar-refractivity contribution in [2.75, 3.05) is 12.3 Å². The average molecular weight is 289 g/mol. The molecule has 0 aromatic heterocycles. The standard InChI is InChI=1S/C16H17ClN2O/c1-11-2-5-13(10-15(11)18)16(20)19-9-8-12-3-6-14(17)7-4-12/h2-7,10H,8-9,18H2,1H3,(H,19,20). The van der Waals surface area contributed by atoms with Gasteiger partial charge in [0.25, 0.3) is 5.91 Å². The molecule has 3 nitrogen and oxygen atoms in total. The number of anilines is 1. The van der Waals surface area contributed by atoms with Gasteiger partial charge in [-0.3, -0.25) is 4.79 Å². The van der Waals surface area contributed by atoms with Crippen molar-refractivity contribution < 1.29 is 4.79 Å². The summed E-state index contributed by atoms with van der Waals surface area (Å²) in [6.07, 6.45) is 0.768. The van der Waals surface area contributed by atoms with Gasteiger partial charge < -0.3 is 11.1 Å². The molecule has 2 rings (SSSR count). The smallest absolute Gasteiger partial charge is 0.251 e. The predicted molar refractivity (Wildman–Crippen MR) is 83.1 cm³/mol. The fraction of sp³-hybridized carbons (Fsp3) is 0.188. The van der Waals surface area contributed by atoms with E-state index in [1.165, 1.54) is 0 Å². The Labute approximate surface area is 123 Å². The number of amides is 1. The molecular formula is C16H17ClN2O. The molecule has 0 bridgehead atoms. The summed E-state index contributed by atoms with van der Waals surface area (Å²) in [5.74, 6) is -0.106. The molecule has 0 aliphatic carbocycles. The van der Waals surface area contributed by atoms with E-state index in [0.29, 0.717) is 22.8 Å². The molecule has 2 aromatic carbocycles. The first kappa shape index (κ1) is 14.4. The van der Waals surface area contributed by atoms with Crippen molar-refractivity contribution in [1.82, 2.24) is 5.32 Å². The summed E-state index contributed by atoms with van der Waals surface area (Å²) in [4.78, 5) is 12.0. The minimum absolute atomic E-state index is 0.106. The number of aryl methyl sites for hydroxylation is 1. The highest BCUT2D eigenvalue weighted by Crippen LogP contribution is 2.13. The first-order valence-electron chi connectivity index (χ1n) is 6.45. The molecule has 4 heteroatoms. The minimum Gasteiger partial charge on any atom is -0.398 e. The van der Waals surface area contributed by atoms with E-state index in [4.69, 9.17) is 17.3 Å². The van der Waals surface area contributed by atoms with Crippen molar-refractivity contribution in [2.24, 2.45) is 0 Å². The molecule has 1 amide bonds. The van der Waals surface area contributed by atoms with Gasteiger partial charge in [-0.25, -0.2) is 0 Å². The van der Waals surface area contributed by atoms with Crippen LogP contribution in [-0.4, -0.2) is 12.5 Å². The van der Waals surface area contributed by atoms with E-state index in [2.05, 4.69) is 5.32 Å². The molecule has 0 saturated heterocycles. The number of carbonyl (C=O) groups is 1. The third-order valence-corrected chi connectivity index (χ3v) is 3.41. The first-order valence-corrected chi connectivity index (χ1v) is 6.83. The topological polar surface area (TPSA) is 55.1 Å². The molecule has 3 N–H and O–H groups in total. The number of hydrogen-bond donors (Lipinski definition) is 2. The van der Waals surface area contributed by atoms with Crippen LogP contribution in [0.25, 0.3) is 0 Å². The highest BCUT2D eigenvalue weighted by atomic mass is 35.5. The summed E-state index contributed by atoms with van der Waals surface area (Å²) in [7, 11) is 0. The van der Waals surface area contributed by atoms with Gasteiger partial charge in [-0.15, -0.1) is 0 Å². The van der Waals surface area contributed by atoms with E-state index in [1.807, 2.05) is 37.3 Å². The Morgan fingerprint density at radius 2 is 1.90 bits per heavy atom. The van der Waals surface area contributed by atoms with Crippen LogP contribution in [0.5, 0.6) is 0 Å². The molecule has 0 radical (unpaired) electrons. The zero-order valence-electron chi connectivity index (χ0n) is 11.3. The largest absolute Gasteiger partial charge is 0.398 e. The number of halogens is 1. The zero-order chi connectivity index (χ0) is 14.5. The highest BCUT2D eigenvalue weighted by Gasteiger charge is 2.06. The van der Waals surface area contributed by atoms with E-state index >= 15 is 0 Å². The third-order valence-electron chi connectivity index (χ3n) is 3.15. The van der Waals surface area contributed by atoms with Crippen molar-refractivity contribution in [3.63, 3.8) is 0 Å². The van der Waals surface area contributed by atoms with Crippen LogP contribution in [0.2, 0.25) is 5.02 Å². The van der Waals surface area contributed by atoms with Crippen molar-refractivity contribution >= 4 is 23.2 Å². The summed E-state index contributed by atoms with van der Waals surface area (Å²) in [6, 6.07) is 12.9. The number of hydrogen-bond acceptors (Lipinski definition) is 2. The molecule has 0 heterocycles. The Balaban J connectivity index is 1.88. The van der Waals surface area contributed by atoms with E-state index < -0.39 is 0 Å². The van der Waals surface area contributed by atoms with E-state index in [0.717, 1.165) is 17.5 Å². The number of nitrogens with two attached hydrogens (primary N) is 1. The summed E-state index contributed by atoms with van der Waals surface area (Å²) in [5.41, 5.74) is 9.13. The Morgan fingerprint density at radius 3 is 2.55 bits per heavy atom. The fourth-order valence-electron chi connectivity index (χ4n) is 1.86. The Morgan fingerprint density at radius 1 is 1.20 bits per heavy atom. The molecule has 20 heavy (non-hydrogen) atoms. The van der Waals surface area contributed by atoms with Gasteiger partial charge in [-0.1, -0.05) is 29.8 Å². The van der Waals surface area contributed by atoms with Gasteiger partial charge in [-0.05, 0) is 48.7 Å². The summed E-state index contributed by atoms with van der Waals surface area (Å²) >= 11 is 5.82. The van der Waals surface area contributed by atoms with Crippen LogP contribution < -0.4 is 11.1 Å². The molecule has 0 spiro atoms. The average Bonchev–Trinajstić information content (AvgIpc) is 2.44. The number of nitrogen functional groups attached to an aromatic ring is 1. The normalized spacial score (nSPS) is 10.3. The summed E-state index contributed by atoms with van der Waals surface area (Å²) < 4.78 is 0. The Kier molecular flexibility index (Phi) is 4.64. The SMILES string of the molecule is Cc1ccc(C(=O)NCCc2ccc(Cl)cc2)cc1N. The van der Waals surface area contributed by atoms with Crippen molar-refractivity contribution in [3.8, 4) is 0 Å².